The largest absolute Gasteiger partial charge is 0.372 e. The molecule has 0 amide bonds. The number of carbonyl (C=O) groups excluding carboxylic acids is 1. The van der Waals surface area contributed by atoms with Crippen molar-refractivity contribution in [2.75, 3.05) is 18.0 Å². The molecule has 0 unspecified atom stereocenters. The van der Waals surface area contributed by atoms with Crippen LogP contribution >= 0.6 is 0 Å². The molecule has 1 aromatic heterocycles. The van der Waals surface area contributed by atoms with Gasteiger partial charge in [-0.25, -0.2) is 4.98 Å². The molecule has 1 aliphatic rings. The summed E-state index contributed by atoms with van der Waals surface area (Å²) in [5, 5.41) is 0. The maximum atomic E-state index is 12.6. The van der Waals surface area contributed by atoms with Crippen molar-refractivity contribution in [3.05, 3.63) is 107 Å². The molecule has 3 aromatic rings. The van der Waals surface area contributed by atoms with Gasteiger partial charge in [0.15, 0.2) is 6.20 Å². The summed E-state index contributed by atoms with van der Waals surface area (Å²) in [6, 6.07) is 21.8. The summed E-state index contributed by atoms with van der Waals surface area (Å²) >= 11 is 0. The zero-order valence-corrected chi connectivity index (χ0v) is 20.8. The van der Waals surface area contributed by atoms with Crippen molar-refractivity contribution in [1.29, 1.82) is 0 Å². The van der Waals surface area contributed by atoms with Crippen molar-refractivity contribution >= 4 is 22.6 Å². The van der Waals surface area contributed by atoms with E-state index < -0.39 is 0 Å². The number of hydrogen-bond acceptors (Lipinski definition) is 2. The van der Waals surface area contributed by atoms with Gasteiger partial charge in [0.25, 0.3) is 5.69 Å². The summed E-state index contributed by atoms with van der Waals surface area (Å²) in [6.45, 7) is 10.8. The lowest BCUT2D eigenvalue weighted by molar-refractivity contribution is -0.381. The maximum Gasteiger partial charge on any atom is 0.259 e. The first kappa shape index (κ1) is 23.7. The van der Waals surface area contributed by atoms with Crippen molar-refractivity contribution in [1.82, 2.24) is 0 Å². The number of nitrogens with zero attached hydrogens (tertiary/aromatic N) is 1. The number of aromatic amines is 1. The summed E-state index contributed by atoms with van der Waals surface area (Å²) in [7, 11) is 0. The molecule has 3 heteroatoms. The van der Waals surface area contributed by atoms with Gasteiger partial charge in [-0.15, -0.1) is 0 Å². The van der Waals surface area contributed by atoms with Gasteiger partial charge in [-0.1, -0.05) is 50.2 Å². The van der Waals surface area contributed by atoms with Crippen LogP contribution in [0.25, 0.3) is 11.1 Å². The fraction of sp³-hybridized carbons (Fsp3) is 0.290. The van der Waals surface area contributed by atoms with Crippen molar-refractivity contribution < 1.29 is 9.78 Å². The topological polar surface area (TPSA) is 34.5 Å². The quantitative estimate of drug-likeness (QED) is 0.371. The Hall–Kier alpha value is -3.46. The number of H-pyrrole nitrogens is 1. The predicted molar refractivity (Wildman–Crippen MR) is 142 cm³/mol. The molecule has 0 aliphatic heterocycles. The van der Waals surface area contributed by atoms with E-state index in [0.29, 0.717) is 11.6 Å². The zero-order valence-electron chi connectivity index (χ0n) is 20.8. The van der Waals surface area contributed by atoms with Gasteiger partial charge >= 0.3 is 0 Å². The summed E-state index contributed by atoms with van der Waals surface area (Å²) in [5.41, 5.74) is 8.73. The first-order valence-corrected chi connectivity index (χ1v) is 12.5. The molecule has 3 nitrogen and oxygen atoms in total. The van der Waals surface area contributed by atoms with Crippen LogP contribution in [0.1, 0.15) is 79.2 Å². The summed E-state index contributed by atoms with van der Waals surface area (Å²) in [4.78, 5) is 18.1. The lowest BCUT2D eigenvalue weighted by Gasteiger charge is -2.22. The van der Waals surface area contributed by atoms with E-state index >= 15 is 0 Å². The third-order valence-corrected chi connectivity index (χ3v) is 7.00. The number of allylic oxidation sites excluding steroid dienone is 3. The normalized spacial score (nSPS) is 14.3. The molecule has 0 saturated heterocycles. The first-order valence-electron chi connectivity index (χ1n) is 12.5. The van der Waals surface area contributed by atoms with E-state index in [4.69, 9.17) is 0 Å². The zero-order chi connectivity index (χ0) is 24.1. The fourth-order valence-electron chi connectivity index (χ4n) is 5.00. The predicted octanol–water partition coefficient (Wildman–Crippen LogP) is 6.96. The van der Waals surface area contributed by atoms with Crippen molar-refractivity contribution in [2.45, 2.75) is 46.5 Å². The van der Waals surface area contributed by atoms with Crippen LogP contribution in [0.4, 0.5) is 5.69 Å². The number of aromatic nitrogens is 1. The molecule has 0 radical (unpaired) electrons. The smallest absolute Gasteiger partial charge is 0.259 e. The Morgan fingerprint density at radius 1 is 0.824 bits per heavy atom. The minimum atomic E-state index is 0.0136. The Morgan fingerprint density at radius 2 is 1.44 bits per heavy atom. The summed E-state index contributed by atoms with van der Waals surface area (Å²) in [5.74, 6) is 0.598. The van der Waals surface area contributed by atoms with Crippen LogP contribution in [0.2, 0.25) is 0 Å². The summed E-state index contributed by atoms with van der Waals surface area (Å²) in [6.07, 6.45) is 7.75. The number of rotatable bonds is 8. The van der Waals surface area contributed by atoms with E-state index in [-0.39, 0.29) is 5.78 Å². The van der Waals surface area contributed by atoms with Crippen molar-refractivity contribution in [3.8, 4) is 0 Å². The van der Waals surface area contributed by atoms with Crippen LogP contribution in [0, 0.1) is 0 Å². The molecule has 174 valence electrons. The van der Waals surface area contributed by atoms with E-state index in [1.165, 1.54) is 11.3 Å². The fourth-order valence-corrected chi connectivity index (χ4v) is 5.00. The third-order valence-electron chi connectivity index (χ3n) is 7.00. The van der Waals surface area contributed by atoms with Crippen molar-refractivity contribution in [3.63, 3.8) is 0 Å². The van der Waals surface area contributed by atoms with E-state index in [1.54, 1.807) is 6.08 Å². The number of anilines is 1. The van der Waals surface area contributed by atoms with E-state index in [1.807, 2.05) is 24.4 Å². The molecular weight excluding hydrogens is 416 g/mol. The number of hydrogen-bond donors (Lipinski definition) is 0. The van der Waals surface area contributed by atoms with Crippen molar-refractivity contribution in [2.24, 2.45) is 0 Å². The van der Waals surface area contributed by atoms with E-state index in [0.717, 1.165) is 53.8 Å². The number of fused-ring (bicyclic) bond motifs is 1. The van der Waals surface area contributed by atoms with Gasteiger partial charge in [-0.3, -0.25) is 4.79 Å². The lowest BCUT2D eigenvalue weighted by atomic mass is 9.84. The molecule has 4 rings (SSSR count). The van der Waals surface area contributed by atoms with Gasteiger partial charge in [0.1, 0.15) is 0 Å². The third kappa shape index (κ3) is 4.61. The minimum absolute atomic E-state index is 0.0136. The van der Waals surface area contributed by atoms with E-state index in [9.17, 15) is 4.79 Å². The van der Waals surface area contributed by atoms with Crippen LogP contribution in [0.15, 0.2) is 79.0 Å². The SMILES string of the molecule is CCC(CC)c1ccc(C(=C2C=CC(=O)c3[nH+]cccc32)c2ccc(N(CC)CC)cc2)cc1. The van der Waals surface area contributed by atoms with Gasteiger partial charge in [-0.2, -0.15) is 0 Å². The van der Waals surface area contributed by atoms with Crippen LogP contribution < -0.4 is 9.88 Å². The molecule has 0 spiro atoms. The average Bonchev–Trinajstić information content (AvgIpc) is 2.89. The summed E-state index contributed by atoms with van der Waals surface area (Å²) < 4.78 is 0. The molecule has 1 aliphatic carbocycles. The number of pyridine rings is 1. The van der Waals surface area contributed by atoms with Gasteiger partial charge in [0.05, 0.1) is 5.56 Å². The van der Waals surface area contributed by atoms with E-state index in [2.05, 4.69) is 86.1 Å². The highest BCUT2D eigenvalue weighted by Gasteiger charge is 2.25. The molecule has 1 heterocycles. The molecule has 0 saturated carbocycles. The molecule has 0 fully saturated rings. The monoisotopic (exact) mass is 451 g/mol. The van der Waals surface area contributed by atoms with Gasteiger partial charge in [0, 0.05) is 24.8 Å². The Labute approximate surface area is 203 Å². The number of nitrogens with one attached hydrogen (secondary N) is 1. The minimum Gasteiger partial charge on any atom is -0.372 e. The van der Waals surface area contributed by atoms with Gasteiger partial charge in [-0.05, 0) is 90.8 Å². The highest BCUT2D eigenvalue weighted by Crippen LogP contribution is 2.37. The number of ketones is 1. The highest BCUT2D eigenvalue weighted by molar-refractivity contribution is 6.15. The Kier molecular flexibility index (Phi) is 7.42. The first-order chi connectivity index (χ1) is 16.6. The molecule has 34 heavy (non-hydrogen) atoms. The van der Waals surface area contributed by atoms with Gasteiger partial charge in [0.2, 0.25) is 5.78 Å². The Balaban J connectivity index is 1.89. The van der Waals surface area contributed by atoms with Crippen LogP contribution in [0.5, 0.6) is 0 Å². The Bertz CT molecular complexity index is 1140. The molecule has 1 N–H and O–H groups in total. The van der Waals surface area contributed by atoms with Crippen LogP contribution in [-0.4, -0.2) is 18.9 Å². The molecule has 0 atom stereocenters. The second kappa shape index (κ2) is 10.6. The lowest BCUT2D eigenvalue weighted by Crippen LogP contribution is -2.21. The molecule has 0 bridgehead atoms. The molecular formula is C31H35N2O+. The standard InChI is InChI=1S/C31H34N2O/c1-5-22(6-2)23-11-13-24(14-12-23)30(25-15-17-26(18-16-25)33(7-3)8-4)27-19-20-29(34)31-28(27)10-9-21-32-31/h9-22H,5-8H2,1-4H3/p+1. The number of benzene rings is 2. The Morgan fingerprint density at radius 3 is 2.03 bits per heavy atom. The highest BCUT2D eigenvalue weighted by atomic mass is 16.1. The average molecular weight is 452 g/mol. The van der Waals surface area contributed by atoms with Gasteiger partial charge < -0.3 is 4.90 Å². The van der Waals surface area contributed by atoms with Crippen LogP contribution in [0.3, 0.4) is 0 Å². The van der Waals surface area contributed by atoms with Crippen LogP contribution in [-0.2, 0) is 0 Å². The second-order valence-electron chi connectivity index (χ2n) is 8.80. The molecule has 2 aromatic carbocycles. The maximum absolute atomic E-state index is 12.6. The second-order valence-corrected chi connectivity index (χ2v) is 8.80. The number of carbonyl (C=O) groups is 1.